The van der Waals surface area contributed by atoms with Gasteiger partial charge in [-0.05, 0) is 37.3 Å². The number of nitrogens with one attached hydrogen (secondary N) is 1. The summed E-state index contributed by atoms with van der Waals surface area (Å²) in [5.74, 6) is -1.21. The summed E-state index contributed by atoms with van der Waals surface area (Å²) < 4.78 is 5.24. The topological polar surface area (TPSA) is 101 Å². The van der Waals surface area contributed by atoms with E-state index in [9.17, 15) is 14.4 Å². The molecule has 0 unspecified atom stereocenters. The first-order chi connectivity index (χ1) is 14.0. The van der Waals surface area contributed by atoms with Crippen molar-refractivity contribution in [1.82, 2.24) is 9.97 Å². The smallest absolute Gasteiger partial charge is 0.338 e. The van der Waals surface area contributed by atoms with Crippen LogP contribution in [-0.4, -0.2) is 40.4 Å². The molecule has 1 atom stereocenters. The number of aromatic nitrogens is 2. The van der Waals surface area contributed by atoms with E-state index in [-0.39, 0.29) is 23.9 Å². The van der Waals surface area contributed by atoms with Crippen LogP contribution in [0.15, 0.2) is 54.9 Å². The van der Waals surface area contributed by atoms with Crippen LogP contribution in [0, 0.1) is 0 Å². The average Bonchev–Trinajstić information content (AvgIpc) is 2.85. The van der Waals surface area contributed by atoms with Gasteiger partial charge in [0, 0.05) is 24.9 Å². The maximum Gasteiger partial charge on any atom is 0.338 e. The van der Waals surface area contributed by atoms with Crippen LogP contribution in [0.3, 0.4) is 0 Å². The third-order valence-corrected chi connectivity index (χ3v) is 4.66. The van der Waals surface area contributed by atoms with E-state index < -0.39 is 18.5 Å². The normalized spacial score (nSPS) is 16.0. The lowest BCUT2D eigenvalue weighted by Crippen LogP contribution is -2.41. The molecule has 0 radical (unpaired) electrons. The number of esters is 1. The predicted octanol–water partition coefficient (Wildman–Crippen LogP) is 2.55. The zero-order valence-electron chi connectivity index (χ0n) is 15.7. The van der Waals surface area contributed by atoms with E-state index in [0.717, 1.165) is 0 Å². The minimum Gasteiger partial charge on any atom is -0.452 e. The van der Waals surface area contributed by atoms with Crippen LogP contribution < -0.4 is 10.2 Å². The maximum absolute atomic E-state index is 12.9. The van der Waals surface area contributed by atoms with Gasteiger partial charge >= 0.3 is 5.97 Å². The number of benzene rings is 2. The lowest BCUT2D eigenvalue weighted by atomic mass is 10.1. The van der Waals surface area contributed by atoms with Gasteiger partial charge in [-0.25, -0.2) is 4.79 Å². The lowest BCUT2D eigenvalue weighted by molar-refractivity contribution is -0.122. The van der Waals surface area contributed by atoms with Crippen molar-refractivity contribution in [2.75, 3.05) is 16.8 Å². The summed E-state index contributed by atoms with van der Waals surface area (Å²) in [7, 11) is 0. The van der Waals surface area contributed by atoms with Gasteiger partial charge in [0.2, 0.25) is 5.91 Å². The van der Waals surface area contributed by atoms with Crippen molar-refractivity contribution in [3.63, 3.8) is 0 Å². The highest BCUT2D eigenvalue weighted by Gasteiger charge is 2.30. The number of rotatable bonds is 3. The molecule has 146 valence electrons. The van der Waals surface area contributed by atoms with E-state index in [4.69, 9.17) is 4.74 Å². The number of para-hydroxylation sites is 2. The van der Waals surface area contributed by atoms with E-state index in [1.165, 1.54) is 11.1 Å². The molecule has 0 bridgehead atoms. The molecule has 1 aliphatic rings. The highest BCUT2D eigenvalue weighted by molar-refractivity contribution is 6.05. The molecule has 0 saturated heterocycles. The van der Waals surface area contributed by atoms with Crippen LogP contribution in [0.1, 0.15) is 23.7 Å². The zero-order chi connectivity index (χ0) is 20.4. The van der Waals surface area contributed by atoms with Gasteiger partial charge in [-0.15, -0.1) is 0 Å². The minimum atomic E-state index is -0.629. The monoisotopic (exact) mass is 390 g/mol. The van der Waals surface area contributed by atoms with E-state index in [2.05, 4.69) is 15.3 Å². The van der Waals surface area contributed by atoms with Gasteiger partial charge in [-0.2, -0.15) is 0 Å². The Morgan fingerprint density at radius 2 is 1.90 bits per heavy atom. The Labute approximate surface area is 166 Å². The van der Waals surface area contributed by atoms with Crippen molar-refractivity contribution < 1.29 is 19.1 Å². The van der Waals surface area contributed by atoms with Gasteiger partial charge in [0.05, 0.1) is 28.0 Å². The summed E-state index contributed by atoms with van der Waals surface area (Å²) in [4.78, 5) is 47.1. The fourth-order valence-corrected chi connectivity index (χ4v) is 3.34. The SMILES string of the molecule is C[C@@H]1CC(=O)Nc2ccccc2N1C(=O)COC(=O)c1ccc2nccnc2c1. The van der Waals surface area contributed by atoms with Crippen molar-refractivity contribution in [1.29, 1.82) is 0 Å². The predicted molar refractivity (Wildman–Crippen MR) is 106 cm³/mol. The summed E-state index contributed by atoms with van der Waals surface area (Å²) in [6, 6.07) is 11.5. The standard InChI is InChI=1S/C21H18N4O4/c1-13-10-19(26)24-16-4-2-3-5-18(16)25(13)20(27)12-29-21(28)14-6-7-15-17(11-14)23-9-8-22-15/h2-9,11,13H,10,12H2,1H3,(H,24,26)/t13-/m1/s1. The van der Waals surface area contributed by atoms with Crippen molar-refractivity contribution in [2.45, 2.75) is 19.4 Å². The summed E-state index contributed by atoms with van der Waals surface area (Å²) in [6.07, 6.45) is 3.25. The zero-order valence-corrected chi connectivity index (χ0v) is 15.7. The van der Waals surface area contributed by atoms with Crippen molar-refractivity contribution in [2.24, 2.45) is 0 Å². The second-order valence-corrected chi connectivity index (χ2v) is 6.72. The van der Waals surface area contributed by atoms with Crippen molar-refractivity contribution >= 4 is 40.2 Å². The van der Waals surface area contributed by atoms with Crippen LogP contribution in [-0.2, 0) is 14.3 Å². The van der Waals surface area contributed by atoms with Gasteiger partial charge in [-0.3, -0.25) is 19.6 Å². The Hall–Kier alpha value is -3.81. The fraction of sp³-hybridized carbons (Fsp3) is 0.190. The second-order valence-electron chi connectivity index (χ2n) is 6.72. The van der Waals surface area contributed by atoms with E-state index >= 15 is 0 Å². The van der Waals surface area contributed by atoms with Crippen LogP contribution in [0.5, 0.6) is 0 Å². The molecule has 8 heteroatoms. The molecule has 1 aromatic heterocycles. The summed E-state index contributed by atoms with van der Waals surface area (Å²) in [6.45, 7) is 1.34. The Balaban J connectivity index is 1.51. The molecule has 0 saturated carbocycles. The van der Waals surface area contributed by atoms with Crippen LogP contribution in [0.25, 0.3) is 11.0 Å². The molecule has 8 nitrogen and oxygen atoms in total. The Kier molecular flexibility index (Phi) is 4.90. The molecule has 3 aromatic rings. The Bertz CT molecular complexity index is 1110. The highest BCUT2D eigenvalue weighted by atomic mass is 16.5. The number of carbonyl (C=O) groups excluding carboxylic acids is 3. The van der Waals surface area contributed by atoms with Crippen LogP contribution in [0.4, 0.5) is 11.4 Å². The summed E-state index contributed by atoms with van der Waals surface area (Å²) in [5.41, 5.74) is 2.63. The third kappa shape index (κ3) is 3.77. The lowest BCUT2D eigenvalue weighted by Gasteiger charge is -2.27. The molecule has 1 N–H and O–H groups in total. The van der Waals surface area contributed by atoms with Crippen molar-refractivity contribution in [3.05, 3.63) is 60.4 Å². The molecule has 29 heavy (non-hydrogen) atoms. The van der Waals surface area contributed by atoms with E-state index in [1.807, 2.05) is 0 Å². The fourth-order valence-electron chi connectivity index (χ4n) is 3.34. The van der Waals surface area contributed by atoms with Gasteiger partial charge in [0.1, 0.15) is 0 Å². The maximum atomic E-state index is 12.9. The Morgan fingerprint density at radius 3 is 2.72 bits per heavy atom. The highest BCUT2D eigenvalue weighted by Crippen LogP contribution is 2.31. The van der Waals surface area contributed by atoms with Crippen LogP contribution >= 0.6 is 0 Å². The first-order valence-electron chi connectivity index (χ1n) is 9.12. The molecule has 0 aliphatic carbocycles. The molecular weight excluding hydrogens is 372 g/mol. The molecule has 1 aliphatic heterocycles. The van der Waals surface area contributed by atoms with Gasteiger partial charge in [0.25, 0.3) is 5.91 Å². The quantitative estimate of drug-likeness (QED) is 0.690. The largest absolute Gasteiger partial charge is 0.452 e. The summed E-state index contributed by atoms with van der Waals surface area (Å²) in [5, 5.41) is 2.79. The van der Waals surface area contributed by atoms with Gasteiger partial charge in [-0.1, -0.05) is 12.1 Å². The van der Waals surface area contributed by atoms with Gasteiger partial charge < -0.3 is 15.0 Å². The van der Waals surface area contributed by atoms with E-state index in [0.29, 0.717) is 22.4 Å². The van der Waals surface area contributed by atoms with Crippen LogP contribution in [0.2, 0.25) is 0 Å². The average molecular weight is 390 g/mol. The van der Waals surface area contributed by atoms with Gasteiger partial charge in [0.15, 0.2) is 6.61 Å². The first-order valence-corrected chi connectivity index (χ1v) is 9.12. The van der Waals surface area contributed by atoms with E-state index in [1.54, 1.807) is 55.6 Å². The Morgan fingerprint density at radius 1 is 1.14 bits per heavy atom. The number of anilines is 2. The number of carbonyl (C=O) groups is 3. The molecule has 0 fully saturated rings. The number of ether oxygens (including phenoxy) is 1. The number of hydrogen-bond donors (Lipinski definition) is 1. The molecule has 0 spiro atoms. The van der Waals surface area contributed by atoms with Crippen molar-refractivity contribution in [3.8, 4) is 0 Å². The number of amides is 2. The summed E-state index contributed by atoms with van der Waals surface area (Å²) >= 11 is 0. The molecule has 2 heterocycles. The third-order valence-electron chi connectivity index (χ3n) is 4.66. The first kappa shape index (κ1) is 18.5. The molecular formula is C21H18N4O4. The minimum absolute atomic E-state index is 0.151. The molecule has 4 rings (SSSR count). The second kappa shape index (κ2) is 7.67. The number of nitrogens with zero attached hydrogens (tertiary/aromatic N) is 3. The number of fused-ring (bicyclic) bond motifs is 2. The molecule has 2 aromatic carbocycles. The molecule has 2 amide bonds. The number of hydrogen-bond acceptors (Lipinski definition) is 6.